The molecule has 0 aromatic carbocycles. The van der Waals surface area contributed by atoms with Crippen molar-refractivity contribution in [3.63, 3.8) is 0 Å². The molecule has 0 saturated heterocycles. The minimum atomic E-state index is 0.841. The van der Waals surface area contributed by atoms with E-state index < -0.39 is 0 Å². The van der Waals surface area contributed by atoms with Crippen LogP contribution in [0.4, 0.5) is 0 Å². The average Bonchev–Trinajstić information content (AvgIpc) is 3.25. The molecule has 2 N–H and O–H groups in total. The summed E-state index contributed by atoms with van der Waals surface area (Å²) in [7, 11) is 0. The lowest BCUT2D eigenvalue weighted by Gasteiger charge is -2.05. The molecule has 1 fully saturated rings. The van der Waals surface area contributed by atoms with E-state index in [2.05, 4.69) is 34.7 Å². The standard InChI is InChI=1S/C16H27N3/c1-2-10-17-12-14-6-7-15(19-13-14)5-3-4-11-18-16-8-9-16/h6-7,13,16-18H,2-5,8-12H2,1H3. The zero-order chi connectivity index (χ0) is 13.3. The second kappa shape index (κ2) is 8.28. The predicted octanol–water partition coefficient (Wildman–Crippen LogP) is 2.66. The second-order valence-electron chi connectivity index (χ2n) is 5.52. The van der Waals surface area contributed by atoms with Crippen molar-refractivity contribution in [3.05, 3.63) is 29.6 Å². The van der Waals surface area contributed by atoms with E-state index in [1.165, 1.54) is 49.9 Å². The van der Waals surface area contributed by atoms with Crippen LogP contribution in [0.25, 0.3) is 0 Å². The molecule has 0 aliphatic heterocycles. The topological polar surface area (TPSA) is 37.0 Å². The third kappa shape index (κ3) is 6.17. The Morgan fingerprint density at radius 3 is 2.79 bits per heavy atom. The third-order valence-electron chi connectivity index (χ3n) is 3.51. The molecule has 1 aliphatic carbocycles. The highest BCUT2D eigenvalue weighted by molar-refractivity contribution is 5.14. The lowest BCUT2D eigenvalue weighted by Crippen LogP contribution is -2.17. The number of pyridine rings is 1. The molecule has 1 heterocycles. The molecular weight excluding hydrogens is 234 g/mol. The molecule has 0 amide bonds. The van der Waals surface area contributed by atoms with Crippen molar-refractivity contribution in [2.24, 2.45) is 0 Å². The molecule has 2 rings (SSSR count). The van der Waals surface area contributed by atoms with E-state index in [1.807, 2.05) is 6.20 Å². The number of nitrogens with zero attached hydrogens (tertiary/aromatic N) is 1. The Bertz CT molecular complexity index is 344. The van der Waals surface area contributed by atoms with E-state index in [4.69, 9.17) is 0 Å². The first-order valence-corrected chi connectivity index (χ1v) is 7.76. The molecule has 3 heteroatoms. The van der Waals surface area contributed by atoms with Gasteiger partial charge in [0.15, 0.2) is 0 Å². The summed E-state index contributed by atoms with van der Waals surface area (Å²) >= 11 is 0. The summed E-state index contributed by atoms with van der Waals surface area (Å²) < 4.78 is 0. The highest BCUT2D eigenvalue weighted by Gasteiger charge is 2.19. The lowest BCUT2D eigenvalue weighted by atomic mass is 10.1. The molecule has 1 aromatic rings. The van der Waals surface area contributed by atoms with Gasteiger partial charge in [0.2, 0.25) is 0 Å². The molecule has 106 valence electrons. The zero-order valence-electron chi connectivity index (χ0n) is 12.1. The number of aryl methyl sites for hydroxylation is 1. The van der Waals surface area contributed by atoms with E-state index in [1.54, 1.807) is 0 Å². The molecule has 1 aliphatic rings. The van der Waals surface area contributed by atoms with Crippen LogP contribution in [-0.2, 0) is 13.0 Å². The number of aromatic nitrogens is 1. The second-order valence-corrected chi connectivity index (χ2v) is 5.52. The maximum Gasteiger partial charge on any atom is 0.0403 e. The van der Waals surface area contributed by atoms with Gasteiger partial charge >= 0.3 is 0 Å². The molecule has 0 radical (unpaired) electrons. The Labute approximate surface area is 117 Å². The Morgan fingerprint density at radius 2 is 2.11 bits per heavy atom. The number of nitrogens with one attached hydrogen (secondary N) is 2. The van der Waals surface area contributed by atoms with Crippen molar-refractivity contribution >= 4 is 0 Å². The normalized spacial score (nSPS) is 14.8. The molecule has 0 unspecified atom stereocenters. The van der Waals surface area contributed by atoms with E-state index in [0.29, 0.717) is 0 Å². The van der Waals surface area contributed by atoms with Crippen molar-refractivity contribution in [2.45, 2.75) is 58.0 Å². The van der Waals surface area contributed by atoms with Gasteiger partial charge in [0.05, 0.1) is 0 Å². The predicted molar refractivity (Wildman–Crippen MR) is 80.2 cm³/mol. The number of unbranched alkanes of at least 4 members (excludes halogenated alkanes) is 1. The van der Waals surface area contributed by atoms with Gasteiger partial charge in [-0.15, -0.1) is 0 Å². The van der Waals surface area contributed by atoms with E-state index >= 15 is 0 Å². The van der Waals surface area contributed by atoms with Crippen LogP contribution in [0, 0.1) is 0 Å². The molecule has 0 spiro atoms. The SMILES string of the molecule is CCCNCc1ccc(CCCCNC2CC2)nc1. The number of hydrogen-bond donors (Lipinski definition) is 2. The summed E-state index contributed by atoms with van der Waals surface area (Å²) in [5.41, 5.74) is 2.51. The maximum absolute atomic E-state index is 4.54. The van der Waals surface area contributed by atoms with Gasteiger partial charge in [-0.3, -0.25) is 4.98 Å². The fourth-order valence-electron chi connectivity index (χ4n) is 2.14. The van der Waals surface area contributed by atoms with Crippen LogP contribution in [0.3, 0.4) is 0 Å². The first kappa shape index (κ1) is 14.5. The Balaban J connectivity index is 1.57. The number of rotatable bonds is 10. The summed E-state index contributed by atoms with van der Waals surface area (Å²) in [6.07, 6.45) is 9.57. The zero-order valence-corrected chi connectivity index (χ0v) is 12.1. The largest absolute Gasteiger partial charge is 0.314 e. The van der Waals surface area contributed by atoms with Crippen LogP contribution >= 0.6 is 0 Å². The van der Waals surface area contributed by atoms with Gasteiger partial charge in [0, 0.05) is 24.5 Å². The van der Waals surface area contributed by atoms with Gasteiger partial charge < -0.3 is 10.6 Å². The van der Waals surface area contributed by atoms with E-state index in [-0.39, 0.29) is 0 Å². The van der Waals surface area contributed by atoms with Gasteiger partial charge in [-0.2, -0.15) is 0 Å². The van der Waals surface area contributed by atoms with Gasteiger partial charge in [-0.1, -0.05) is 13.0 Å². The van der Waals surface area contributed by atoms with E-state index in [9.17, 15) is 0 Å². The first-order valence-electron chi connectivity index (χ1n) is 7.76. The highest BCUT2D eigenvalue weighted by atomic mass is 14.9. The first-order chi connectivity index (χ1) is 9.38. The summed E-state index contributed by atoms with van der Waals surface area (Å²) in [5, 5.41) is 6.95. The van der Waals surface area contributed by atoms with Crippen LogP contribution in [-0.4, -0.2) is 24.1 Å². The van der Waals surface area contributed by atoms with Gasteiger partial charge in [0.25, 0.3) is 0 Å². The third-order valence-corrected chi connectivity index (χ3v) is 3.51. The maximum atomic E-state index is 4.54. The molecular formula is C16H27N3. The minimum absolute atomic E-state index is 0.841. The Morgan fingerprint density at radius 1 is 1.21 bits per heavy atom. The van der Waals surface area contributed by atoms with Crippen LogP contribution in [0.15, 0.2) is 18.3 Å². The Hall–Kier alpha value is -0.930. The molecule has 19 heavy (non-hydrogen) atoms. The van der Waals surface area contributed by atoms with Crippen molar-refractivity contribution in [2.75, 3.05) is 13.1 Å². The average molecular weight is 261 g/mol. The summed E-state index contributed by atoms with van der Waals surface area (Å²) in [6.45, 7) is 5.37. The van der Waals surface area contributed by atoms with Gasteiger partial charge in [0.1, 0.15) is 0 Å². The molecule has 0 atom stereocenters. The smallest absolute Gasteiger partial charge is 0.0403 e. The summed E-state index contributed by atoms with van der Waals surface area (Å²) in [4.78, 5) is 4.54. The monoisotopic (exact) mass is 261 g/mol. The van der Waals surface area contributed by atoms with Crippen molar-refractivity contribution in [1.29, 1.82) is 0 Å². The number of hydrogen-bond acceptors (Lipinski definition) is 3. The van der Waals surface area contributed by atoms with Crippen LogP contribution in [0.5, 0.6) is 0 Å². The minimum Gasteiger partial charge on any atom is -0.314 e. The van der Waals surface area contributed by atoms with E-state index in [0.717, 1.165) is 25.6 Å². The molecule has 1 saturated carbocycles. The fourth-order valence-corrected chi connectivity index (χ4v) is 2.14. The van der Waals surface area contributed by atoms with Crippen molar-refractivity contribution in [3.8, 4) is 0 Å². The summed E-state index contributed by atoms with van der Waals surface area (Å²) in [5.74, 6) is 0. The van der Waals surface area contributed by atoms with Crippen molar-refractivity contribution < 1.29 is 0 Å². The molecule has 0 bridgehead atoms. The lowest BCUT2D eigenvalue weighted by molar-refractivity contribution is 0.616. The quantitative estimate of drug-likeness (QED) is 0.636. The molecule has 3 nitrogen and oxygen atoms in total. The summed E-state index contributed by atoms with van der Waals surface area (Å²) in [6, 6.07) is 5.22. The Kier molecular flexibility index (Phi) is 6.31. The van der Waals surface area contributed by atoms with Gasteiger partial charge in [-0.25, -0.2) is 0 Å². The van der Waals surface area contributed by atoms with Crippen LogP contribution in [0.1, 0.15) is 50.3 Å². The van der Waals surface area contributed by atoms with Gasteiger partial charge in [-0.05, 0) is 63.2 Å². The van der Waals surface area contributed by atoms with Crippen LogP contribution in [0.2, 0.25) is 0 Å². The highest BCUT2D eigenvalue weighted by Crippen LogP contribution is 2.18. The molecule has 1 aromatic heterocycles. The van der Waals surface area contributed by atoms with Crippen LogP contribution < -0.4 is 10.6 Å². The van der Waals surface area contributed by atoms with Crippen molar-refractivity contribution in [1.82, 2.24) is 15.6 Å². The fraction of sp³-hybridized carbons (Fsp3) is 0.688.